The standard InChI is InChI=1S/C14H20BrNO2/c1-5-16(9-10(2)3)14(17)11-6-7-13(18-4)12(15)8-11/h6-8,10H,5,9H2,1-4H3. The quantitative estimate of drug-likeness (QED) is 0.831. The van der Waals surface area contributed by atoms with E-state index >= 15 is 0 Å². The monoisotopic (exact) mass is 313 g/mol. The van der Waals surface area contributed by atoms with Gasteiger partial charge in [0, 0.05) is 18.7 Å². The maximum absolute atomic E-state index is 12.3. The van der Waals surface area contributed by atoms with Crippen LogP contribution in [-0.2, 0) is 0 Å². The molecule has 0 unspecified atom stereocenters. The number of benzene rings is 1. The first-order valence-corrected chi connectivity index (χ1v) is 6.91. The summed E-state index contributed by atoms with van der Waals surface area (Å²) in [5.74, 6) is 1.27. The normalized spacial score (nSPS) is 10.6. The highest BCUT2D eigenvalue weighted by Crippen LogP contribution is 2.26. The summed E-state index contributed by atoms with van der Waals surface area (Å²) in [6, 6.07) is 5.42. The molecule has 0 atom stereocenters. The van der Waals surface area contributed by atoms with Gasteiger partial charge in [0.2, 0.25) is 0 Å². The van der Waals surface area contributed by atoms with Crippen LogP contribution in [0.4, 0.5) is 0 Å². The van der Waals surface area contributed by atoms with Gasteiger partial charge in [0.1, 0.15) is 5.75 Å². The molecule has 3 nitrogen and oxygen atoms in total. The lowest BCUT2D eigenvalue weighted by atomic mass is 10.1. The number of nitrogens with zero attached hydrogens (tertiary/aromatic N) is 1. The second-order valence-electron chi connectivity index (χ2n) is 4.59. The molecule has 4 heteroatoms. The lowest BCUT2D eigenvalue weighted by Gasteiger charge is -2.23. The van der Waals surface area contributed by atoms with Crippen LogP contribution in [0.15, 0.2) is 22.7 Å². The molecule has 0 radical (unpaired) electrons. The molecular weight excluding hydrogens is 294 g/mol. The first-order valence-electron chi connectivity index (χ1n) is 6.12. The Morgan fingerprint density at radius 1 is 1.44 bits per heavy atom. The van der Waals surface area contributed by atoms with Crippen molar-refractivity contribution in [1.29, 1.82) is 0 Å². The molecule has 0 saturated heterocycles. The van der Waals surface area contributed by atoms with E-state index in [0.717, 1.165) is 23.3 Å². The zero-order valence-corrected chi connectivity index (χ0v) is 13.0. The summed E-state index contributed by atoms with van der Waals surface area (Å²) in [6.45, 7) is 7.72. The Labute approximate surface area is 117 Å². The maximum atomic E-state index is 12.3. The third kappa shape index (κ3) is 3.73. The molecule has 1 aromatic rings. The Morgan fingerprint density at radius 3 is 2.56 bits per heavy atom. The summed E-state index contributed by atoms with van der Waals surface area (Å²) in [4.78, 5) is 14.2. The molecule has 0 spiro atoms. The number of carbonyl (C=O) groups is 1. The fourth-order valence-corrected chi connectivity index (χ4v) is 2.32. The fourth-order valence-electron chi connectivity index (χ4n) is 1.78. The van der Waals surface area contributed by atoms with Crippen LogP contribution >= 0.6 is 15.9 Å². The molecule has 0 bridgehead atoms. The minimum atomic E-state index is 0.0644. The number of ether oxygens (including phenoxy) is 1. The Kier molecular flexibility index (Phi) is 5.66. The van der Waals surface area contributed by atoms with Gasteiger partial charge in [-0.15, -0.1) is 0 Å². The van der Waals surface area contributed by atoms with Gasteiger partial charge in [0.15, 0.2) is 0 Å². The highest BCUT2D eigenvalue weighted by atomic mass is 79.9. The van der Waals surface area contributed by atoms with E-state index in [2.05, 4.69) is 29.8 Å². The van der Waals surface area contributed by atoms with Gasteiger partial charge in [-0.25, -0.2) is 0 Å². The predicted octanol–water partition coefficient (Wildman–Crippen LogP) is 3.58. The molecule has 1 amide bonds. The summed E-state index contributed by atoms with van der Waals surface area (Å²) in [7, 11) is 1.61. The highest BCUT2D eigenvalue weighted by Gasteiger charge is 2.16. The zero-order valence-electron chi connectivity index (χ0n) is 11.4. The van der Waals surface area contributed by atoms with Gasteiger partial charge in [0.05, 0.1) is 11.6 Å². The number of rotatable bonds is 5. The average molecular weight is 314 g/mol. The van der Waals surface area contributed by atoms with E-state index in [4.69, 9.17) is 4.74 Å². The van der Waals surface area contributed by atoms with Crippen molar-refractivity contribution in [2.45, 2.75) is 20.8 Å². The summed E-state index contributed by atoms with van der Waals surface area (Å²) in [5.41, 5.74) is 0.685. The lowest BCUT2D eigenvalue weighted by Crippen LogP contribution is -2.33. The number of carbonyl (C=O) groups excluding carboxylic acids is 1. The minimum Gasteiger partial charge on any atom is -0.496 e. The van der Waals surface area contributed by atoms with Crippen molar-refractivity contribution < 1.29 is 9.53 Å². The molecule has 0 fully saturated rings. The van der Waals surface area contributed by atoms with Gasteiger partial charge in [0.25, 0.3) is 5.91 Å². The van der Waals surface area contributed by atoms with Crippen molar-refractivity contribution in [3.8, 4) is 5.75 Å². The van der Waals surface area contributed by atoms with Crippen LogP contribution in [0.1, 0.15) is 31.1 Å². The number of hydrogen-bond acceptors (Lipinski definition) is 2. The Morgan fingerprint density at radius 2 is 2.11 bits per heavy atom. The van der Waals surface area contributed by atoms with Crippen LogP contribution in [0.3, 0.4) is 0 Å². The molecule has 0 aliphatic rings. The highest BCUT2D eigenvalue weighted by molar-refractivity contribution is 9.10. The van der Waals surface area contributed by atoms with Crippen molar-refractivity contribution in [3.05, 3.63) is 28.2 Å². The summed E-state index contributed by atoms with van der Waals surface area (Å²) < 4.78 is 5.96. The van der Waals surface area contributed by atoms with E-state index in [1.54, 1.807) is 19.2 Å². The summed E-state index contributed by atoms with van der Waals surface area (Å²) in [5, 5.41) is 0. The summed E-state index contributed by atoms with van der Waals surface area (Å²) in [6.07, 6.45) is 0. The summed E-state index contributed by atoms with van der Waals surface area (Å²) >= 11 is 3.40. The van der Waals surface area contributed by atoms with E-state index < -0.39 is 0 Å². The van der Waals surface area contributed by atoms with Crippen molar-refractivity contribution in [2.75, 3.05) is 20.2 Å². The Bertz CT molecular complexity index is 418. The molecule has 0 aliphatic heterocycles. The van der Waals surface area contributed by atoms with Crippen LogP contribution in [0, 0.1) is 5.92 Å². The van der Waals surface area contributed by atoms with Crippen molar-refractivity contribution in [3.63, 3.8) is 0 Å². The van der Waals surface area contributed by atoms with Gasteiger partial charge in [-0.3, -0.25) is 4.79 Å². The molecule has 1 aromatic carbocycles. The van der Waals surface area contributed by atoms with Crippen molar-refractivity contribution >= 4 is 21.8 Å². The smallest absolute Gasteiger partial charge is 0.253 e. The Balaban J connectivity index is 2.91. The maximum Gasteiger partial charge on any atom is 0.253 e. The van der Waals surface area contributed by atoms with Gasteiger partial charge in [-0.1, -0.05) is 13.8 Å². The second kappa shape index (κ2) is 6.78. The molecule has 100 valence electrons. The SMILES string of the molecule is CCN(CC(C)C)C(=O)c1ccc(OC)c(Br)c1. The molecule has 0 N–H and O–H groups in total. The van der Waals surface area contributed by atoms with Gasteiger partial charge in [-0.05, 0) is 47.0 Å². The molecule has 18 heavy (non-hydrogen) atoms. The molecular formula is C14H20BrNO2. The van der Waals surface area contributed by atoms with E-state index in [9.17, 15) is 4.79 Å². The van der Waals surface area contributed by atoms with Gasteiger partial charge < -0.3 is 9.64 Å². The van der Waals surface area contributed by atoms with Crippen LogP contribution < -0.4 is 4.74 Å². The van der Waals surface area contributed by atoms with Crippen LogP contribution in [0.2, 0.25) is 0 Å². The van der Waals surface area contributed by atoms with E-state index in [1.807, 2.05) is 17.9 Å². The first-order chi connectivity index (χ1) is 8.49. The number of amides is 1. The third-order valence-electron chi connectivity index (χ3n) is 2.65. The van der Waals surface area contributed by atoms with Crippen LogP contribution in [0.5, 0.6) is 5.75 Å². The largest absolute Gasteiger partial charge is 0.496 e. The minimum absolute atomic E-state index is 0.0644. The van der Waals surface area contributed by atoms with Crippen LogP contribution in [0.25, 0.3) is 0 Å². The Hall–Kier alpha value is -1.03. The van der Waals surface area contributed by atoms with E-state index in [-0.39, 0.29) is 5.91 Å². The van der Waals surface area contributed by atoms with Gasteiger partial charge >= 0.3 is 0 Å². The molecule has 1 rings (SSSR count). The number of hydrogen-bond donors (Lipinski definition) is 0. The lowest BCUT2D eigenvalue weighted by molar-refractivity contribution is 0.0745. The van der Waals surface area contributed by atoms with Crippen LogP contribution in [-0.4, -0.2) is 31.0 Å². The number of halogens is 1. The topological polar surface area (TPSA) is 29.5 Å². The van der Waals surface area contributed by atoms with Gasteiger partial charge in [-0.2, -0.15) is 0 Å². The first kappa shape index (κ1) is 15.0. The van der Waals surface area contributed by atoms with Crippen molar-refractivity contribution in [2.24, 2.45) is 5.92 Å². The second-order valence-corrected chi connectivity index (χ2v) is 5.44. The third-order valence-corrected chi connectivity index (χ3v) is 3.27. The molecule has 0 heterocycles. The molecule has 0 aromatic heterocycles. The number of methoxy groups -OCH3 is 1. The average Bonchev–Trinajstić information content (AvgIpc) is 2.34. The molecule has 0 saturated carbocycles. The van der Waals surface area contributed by atoms with E-state index in [0.29, 0.717) is 11.5 Å². The molecule has 0 aliphatic carbocycles. The zero-order chi connectivity index (χ0) is 13.7. The van der Waals surface area contributed by atoms with E-state index in [1.165, 1.54) is 0 Å². The fraction of sp³-hybridized carbons (Fsp3) is 0.500. The predicted molar refractivity (Wildman–Crippen MR) is 77.1 cm³/mol. The van der Waals surface area contributed by atoms with Crippen molar-refractivity contribution in [1.82, 2.24) is 4.90 Å².